The van der Waals surface area contributed by atoms with Crippen LogP contribution < -0.4 is 5.32 Å². The molecular weight excluding hydrogens is 424 g/mol. The maximum atomic E-state index is 12.7. The van der Waals surface area contributed by atoms with Crippen molar-refractivity contribution in [1.29, 1.82) is 0 Å². The number of anilines is 1. The van der Waals surface area contributed by atoms with E-state index in [4.69, 9.17) is 4.74 Å². The molecule has 1 N–H and O–H groups in total. The third kappa shape index (κ3) is 5.41. The van der Waals surface area contributed by atoms with E-state index in [1.807, 2.05) is 24.5 Å². The number of rotatable bonds is 7. The van der Waals surface area contributed by atoms with Crippen molar-refractivity contribution in [3.63, 3.8) is 0 Å². The van der Waals surface area contributed by atoms with Crippen LogP contribution in [0.5, 0.6) is 0 Å². The molecule has 0 unspecified atom stereocenters. The van der Waals surface area contributed by atoms with Gasteiger partial charge in [-0.25, -0.2) is 8.42 Å². The van der Waals surface area contributed by atoms with Crippen LogP contribution >= 0.6 is 11.8 Å². The average Bonchev–Trinajstić information content (AvgIpc) is 2.78. The number of piperidine rings is 1. The van der Waals surface area contributed by atoms with E-state index >= 15 is 0 Å². The normalized spacial score (nSPS) is 15.5. The number of nitrogens with one attached hydrogen (secondary N) is 1. The van der Waals surface area contributed by atoms with E-state index in [-0.39, 0.29) is 24.6 Å². The van der Waals surface area contributed by atoms with Crippen LogP contribution in [0.3, 0.4) is 0 Å². The molecule has 30 heavy (non-hydrogen) atoms. The molecule has 1 amide bonds. The lowest BCUT2D eigenvalue weighted by Crippen LogP contribution is -2.40. The predicted octanol–water partition coefficient (Wildman–Crippen LogP) is 2.99. The average molecular weight is 449 g/mol. The molecule has 1 saturated heterocycles. The molecule has 0 atom stereocenters. The van der Waals surface area contributed by atoms with Gasteiger partial charge in [0.25, 0.3) is 5.91 Å². The summed E-state index contributed by atoms with van der Waals surface area (Å²) < 4.78 is 31.9. The van der Waals surface area contributed by atoms with Gasteiger partial charge in [-0.2, -0.15) is 4.31 Å². The second kappa shape index (κ2) is 10.1. The third-order valence-electron chi connectivity index (χ3n) is 4.89. The summed E-state index contributed by atoms with van der Waals surface area (Å²) in [5, 5.41) is 2.74. The van der Waals surface area contributed by atoms with Gasteiger partial charge in [0.05, 0.1) is 16.5 Å². The number of esters is 1. The molecule has 0 saturated carbocycles. The summed E-state index contributed by atoms with van der Waals surface area (Å²) in [6, 6.07) is 15.6. The van der Waals surface area contributed by atoms with Crippen molar-refractivity contribution >= 4 is 39.3 Å². The van der Waals surface area contributed by atoms with Crippen molar-refractivity contribution in [2.45, 2.75) is 22.6 Å². The van der Waals surface area contributed by atoms with E-state index in [1.54, 1.807) is 36.4 Å². The number of benzene rings is 2. The molecule has 2 aromatic rings. The molecule has 0 bridgehead atoms. The maximum absolute atomic E-state index is 12.7. The van der Waals surface area contributed by atoms with Gasteiger partial charge in [-0.15, -0.1) is 11.8 Å². The summed E-state index contributed by atoms with van der Waals surface area (Å²) in [7, 11) is -3.56. The summed E-state index contributed by atoms with van der Waals surface area (Å²) in [4.78, 5) is 25.6. The van der Waals surface area contributed by atoms with Crippen molar-refractivity contribution in [2.24, 2.45) is 5.92 Å². The lowest BCUT2D eigenvalue weighted by molar-refractivity contribution is -0.152. The largest absolute Gasteiger partial charge is 0.455 e. The Balaban J connectivity index is 1.48. The highest BCUT2D eigenvalue weighted by Crippen LogP contribution is 2.26. The molecule has 0 aliphatic carbocycles. The zero-order chi connectivity index (χ0) is 21.6. The van der Waals surface area contributed by atoms with Gasteiger partial charge in [-0.05, 0) is 43.4 Å². The minimum atomic E-state index is -3.56. The summed E-state index contributed by atoms with van der Waals surface area (Å²) >= 11 is 1.51. The zero-order valence-electron chi connectivity index (χ0n) is 16.6. The predicted molar refractivity (Wildman–Crippen MR) is 116 cm³/mol. The Morgan fingerprint density at radius 3 is 2.37 bits per heavy atom. The molecule has 1 aliphatic rings. The first-order valence-corrected chi connectivity index (χ1v) is 12.2. The molecule has 0 aromatic heterocycles. The summed E-state index contributed by atoms with van der Waals surface area (Å²) in [6.07, 6.45) is 2.64. The summed E-state index contributed by atoms with van der Waals surface area (Å²) in [5.74, 6) is -1.30. The Kier molecular flexibility index (Phi) is 7.52. The van der Waals surface area contributed by atoms with E-state index in [2.05, 4.69) is 5.32 Å². The van der Waals surface area contributed by atoms with E-state index < -0.39 is 27.8 Å². The van der Waals surface area contributed by atoms with Crippen molar-refractivity contribution in [3.8, 4) is 0 Å². The molecule has 1 fully saturated rings. The first-order valence-electron chi connectivity index (χ1n) is 9.56. The molecule has 2 aromatic carbocycles. The Labute approximate surface area is 180 Å². The summed E-state index contributed by atoms with van der Waals surface area (Å²) in [6.45, 7) is 0.110. The molecule has 1 heterocycles. The molecule has 0 spiro atoms. The second-order valence-electron chi connectivity index (χ2n) is 6.85. The van der Waals surface area contributed by atoms with Gasteiger partial charge >= 0.3 is 5.97 Å². The van der Waals surface area contributed by atoms with Crippen LogP contribution in [0.2, 0.25) is 0 Å². The van der Waals surface area contributed by atoms with Crippen LogP contribution in [0.1, 0.15) is 12.8 Å². The number of para-hydroxylation sites is 1. The topological polar surface area (TPSA) is 92.8 Å². The number of hydrogen-bond acceptors (Lipinski definition) is 6. The molecule has 0 radical (unpaired) electrons. The monoisotopic (exact) mass is 448 g/mol. The first kappa shape index (κ1) is 22.3. The van der Waals surface area contributed by atoms with Gasteiger partial charge in [0, 0.05) is 18.0 Å². The Morgan fingerprint density at radius 2 is 1.70 bits per heavy atom. The molecule has 160 valence electrons. The number of ether oxygens (including phenoxy) is 1. The number of nitrogens with zero attached hydrogens (tertiary/aromatic N) is 1. The fourth-order valence-electron chi connectivity index (χ4n) is 3.26. The number of carbonyl (C=O) groups excluding carboxylic acids is 2. The Hall–Kier alpha value is -2.36. The number of amides is 1. The van der Waals surface area contributed by atoms with Gasteiger partial charge in [0.15, 0.2) is 6.61 Å². The summed E-state index contributed by atoms with van der Waals surface area (Å²) in [5.41, 5.74) is 0.672. The van der Waals surface area contributed by atoms with Gasteiger partial charge < -0.3 is 10.1 Å². The van der Waals surface area contributed by atoms with Gasteiger partial charge in [0.1, 0.15) is 0 Å². The SMILES string of the molecule is CSc1ccccc1NC(=O)COC(=O)C1CCN(S(=O)(=O)c2ccccc2)CC1. The van der Waals surface area contributed by atoms with Crippen molar-refractivity contribution in [2.75, 3.05) is 31.3 Å². The highest BCUT2D eigenvalue weighted by molar-refractivity contribution is 7.98. The Bertz CT molecular complexity index is 987. The molecule has 3 rings (SSSR count). The van der Waals surface area contributed by atoms with E-state index in [1.165, 1.54) is 16.1 Å². The standard InChI is InChI=1S/C21H24N2O5S2/c1-29-19-10-6-5-9-18(19)22-20(24)15-28-21(25)16-11-13-23(14-12-16)30(26,27)17-7-3-2-4-8-17/h2-10,16H,11-15H2,1H3,(H,22,24). The number of carbonyl (C=O) groups is 2. The lowest BCUT2D eigenvalue weighted by atomic mass is 9.98. The fraction of sp³-hybridized carbons (Fsp3) is 0.333. The van der Waals surface area contributed by atoms with E-state index in [9.17, 15) is 18.0 Å². The molecule has 7 nitrogen and oxygen atoms in total. The van der Waals surface area contributed by atoms with Crippen LogP contribution in [-0.4, -0.2) is 50.6 Å². The van der Waals surface area contributed by atoms with Gasteiger partial charge in [-0.3, -0.25) is 9.59 Å². The minimum Gasteiger partial charge on any atom is -0.455 e. The van der Waals surface area contributed by atoms with Crippen molar-refractivity contribution in [1.82, 2.24) is 4.31 Å². The van der Waals surface area contributed by atoms with Gasteiger partial charge in [0.2, 0.25) is 10.0 Å². The Morgan fingerprint density at radius 1 is 1.07 bits per heavy atom. The van der Waals surface area contributed by atoms with Crippen molar-refractivity contribution in [3.05, 3.63) is 54.6 Å². The van der Waals surface area contributed by atoms with Crippen LogP contribution in [0.25, 0.3) is 0 Å². The van der Waals surface area contributed by atoms with E-state index in [0.717, 1.165) is 4.90 Å². The van der Waals surface area contributed by atoms with E-state index in [0.29, 0.717) is 18.5 Å². The second-order valence-corrected chi connectivity index (χ2v) is 9.63. The zero-order valence-corrected chi connectivity index (χ0v) is 18.2. The van der Waals surface area contributed by atoms with Crippen LogP contribution in [0.15, 0.2) is 64.4 Å². The highest BCUT2D eigenvalue weighted by Gasteiger charge is 2.32. The molecule has 9 heteroatoms. The number of sulfonamides is 1. The molecule has 1 aliphatic heterocycles. The first-order chi connectivity index (χ1) is 14.4. The fourth-order valence-corrected chi connectivity index (χ4v) is 5.31. The number of hydrogen-bond donors (Lipinski definition) is 1. The lowest BCUT2D eigenvalue weighted by Gasteiger charge is -2.30. The number of thioether (sulfide) groups is 1. The smallest absolute Gasteiger partial charge is 0.309 e. The van der Waals surface area contributed by atoms with Crippen LogP contribution in [0, 0.1) is 5.92 Å². The highest BCUT2D eigenvalue weighted by atomic mass is 32.2. The van der Waals surface area contributed by atoms with Gasteiger partial charge in [-0.1, -0.05) is 30.3 Å². The maximum Gasteiger partial charge on any atom is 0.309 e. The van der Waals surface area contributed by atoms with Crippen LogP contribution in [0.4, 0.5) is 5.69 Å². The third-order valence-corrected chi connectivity index (χ3v) is 7.60. The van der Waals surface area contributed by atoms with Crippen LogP contribution in [-0.2, 0) is 24.3 Å². The quantitative estimate of drug-likeness (QED) is 0.517. The minimum absolute atomic E-state index is 0.240. The van der Waals surface area contributed by atoms with Crippen molar-refractivity contribution < 1.29 is 22.7 Å². The molecular formula is C21H24N2O5S2.